The molecule has 2 aliphatic rings. The molecule has 1 aliphatic carbocycles. The van der Waals surface area contributed by atoms with Crippen LogP contribution >= 0.6 is 0 Å². The highest BCUT2D eigenvalue weighted by atomic mass is 19.1. The number of rotatable bonds is 9. The highest BCUT2D eigenvalue weighted by molar-refractivity contribution is 5.93. The summed E-state index contributed by atoms with van der Waals surface area (Å²) in [5, 5.41) is 11.1. The first-order chi connectivity index (χ1) is 17.7. The number of nitrogens with two attached hydrogens (primary N) is 1. The largest absolute Gasteiger partial charge is 0.368 e. The standard InChI is InChI=1S/C26H39FN6O4/c1-16(29-2)25(36)33-12-11-20(31-26(37)30-19-10-6-9-18(27)14-19)15-22(33)24(35)32-21(23(28)34)13-17-7-4-3-5-8-17/h6,9-10,14,16-17,20-22,29H,3-5,7-8,11-13,15H2,1-2H3,(H2,28,34)(H,32,35)(H2,30,31,37). The average molecular weight is 519 g/mol. The van der Waals surface area contributed by atoms with Crippen molar-refractivity contribution in [3.05, 3.63) is 30.1 Å². The van der Waals surface area contributed by atoms with Gasteiger partial charge in [0, 0.05) is 18.3 Å². The number of hydrogen-bond donors (Lipinski definition) is 5. The monoisotopic (exact) mass is 518 g/mol. The number of halogens is 1. The van der Waals surface area contributed by atoms with Crippen LogP contribution in [0, 0.1) is 11.7 Å². The second-order valence-corrected chi connectivity index (χ2v) is 10.1. The van der Waals surface area contributed by atoms with Gasteiger partial charge in [0.1, 0.15) is 17.9 Å². The van der Waals surface area contributed by atoms with Crippen molar-refractivity contribution in [2.75, 3.05) is 18.9 Å². The molecule has 5 amide bonds. The quantitative estimate of drug-likeness (QED) is 0.339. The maximum Gasteiger partial charge on any atom is 0.319 e. The van der Waals surface area contributed by atoms with Gasteiger partial charge in [-0.3, -0.25) is 14.4 Å². The zero-order valence-corrected chi connectivity index (χ0v) is 21.6. The van der Waals surface area contributed by atoms with E-state index < -0.39 is 47.8 Å². The molecular weight excluding hydrogens is 479 g/mol. The van der Waals surface area contributed by atoms with Gasteiger partial charge in [-0.2, -0.15) is 0 Å². The highest BCUT2D eigenvalue weighted by Gasteiger charge is 2.39. The second-order valence-electron chi connectivity index (χ2n) is 10.1. The van der Waals surface area contributed by atoms with Crippen LogP contribution in [-0.4, -0.2) is 66.4 Å². The Morgan fingerprint density at radius 1 is 1.14 bits per heavy atom. The van der Waals surface area contributed by atoms with Gasteiger partial charge in [-0.25, -0.2) is 9.18 Å². The van der Waals surface area contributed by atoms with Crippen LogP contribution in [0.25, 0.3) is 0 Å². The number of carbonyl (C=O) groups excluding carboxylic acids is 4. The van der Waals surface area contributed by atoms with Crippen molar-refractivity contribution in [2.45, 2.75) is 82.5 Å². The van der Waals surface area contributed by atoms with Gasteiger partial charge >= 0.3 is 6.03 Å². The molecule has 37 heavy (non-hydrogen) atoms. The van der Waals surface area contributed by atoms with Crippen molar-refractivity contribution in [3.8, 4) is 0 Å². The third kappa shape index (κ3) is 8.14. The van der Waals surface area contributed by atoms with Gasteiger partial charge in [0.25, 0.3) is 0 Å². The normalized spacial score (nSPS) is 22.0. The molecule has 1 aromatic rings. The summed E-state index contributed by atoms with van der Waals surface area (Å²) in [6.45, 7) is 1.96. The van der Waals surface area contributed by atoms with Crippen LogP contribution in [0.5, 0.6) is 0 Å². The fourth-order valence-corrected chi connectivity index (χ4v) is 5.17. The Hall–Kier alpha value is -3.21. The molecule has 6 N–H and O–H groups in total. The molecule has 0 bridgehead atoms. The fourth-order valence-electron chi connectivity index (χ4n) is 5.17. The number of piperidine rings is 1. The number of benzene rings is 1. The molecule has 1 aromatic carbocycles. The Morgan fingerprint density at radius 3 is 2.51 bits per heavy atom. The molecule has 1 aliphatic heterocycles. The summed E-state index contributed by atoms with van der Waals surface area (Å²) >= 11 is 0. The van der Waals surface area contributed by atoms with Crippen molar-refractivity contribution < 1.29 is 23.6 Å². The first-order valence-corrected chi connectivity index (χ1v) is 13.1. The van der Waals surface area contributed by atoms with E-state index in [0.717, 1.165) is 25.7 Å². The van der Waals surface area contributed by atoms with Gasteiger partial charge in [0.05, 0.1) is 6.04 Å². The Balaban J connectivity index is 1.69. The zero-order valence-electron chi connectivity index (χ0n) is 21.6. The highest BCUT2D eigenvalue weighted by Crippen LogP contribution is 2.28. The fraction of sp³-hybridized carbons (Fsp3) is 0.615. The van der Waals surface area contributed by atoms with E-state index in [1.54, 1.807) is 20.0 Å². The predicted octanol–water partition coefficient (Wildman–Crippen LogP) is 1.86. The van der Waals surface area contributed by atoms with Gasteiger partial charge in [0.2, 0.25) is 17.7 Å². The van der Waals surface area contributed by atoms with Crippen molar-refractivity contribution in [3.63, 3.8) is 0 Å². The summed E-state index contributed by atoms with van der Waals surface area (Å²) < 4.78 is 13.4. The Labute approximate surface area is 217 Å². The molecule has 11 heteroatoms. The second kappa shape index (κ2) is 13.4. The molecule has 3 rings (SSSR count). The molecule has 1 saturated heterocycles. The number of primary amides is 1. The summed E-state index contributed by atoms with van der Waals surface area (Å²) in [4.78, 5) is 52.7. The van der Waals surface area contributed by atoms with Crippen LogP contribution in [0.3, 0.4) is 0 Å². The lowest BCUT2D eigenvalue weighted by molar-refractivity contribution is -0.144. The minimum absolute atomic E-state index is 0.166. The van der Waals surface area contributed by atoms with E-state index in [4.69, 9.17) is 5.73 Å². The molecular formula is C26H39FN6O4. The van der Waals surface area contributed by atoms with Crippen LogP contribution in [0.1, 0.15) is 58.3 Å². The average Bonchev–Trinajstić information content (AvgIpc) is 2.87. The lowest BCUT2D eigenvalue weighted by atomic mass is 9.84. The minimum atomic E-state index is -0.885. The number of carbonyl (C=O) groups is 4. The van der Waals surface area contributed by atoms with Crippen molar-refractivity contribution in [1.29, 1.82) is 0 Å². The van der Waals surface area contributed by atoms with E-state index in [9.17, 15) is 23.6 Å². The van der Waals surface area contributed by atoms with Crippen LogP contribution in [0.4, 0.5) is 14.9 Å². The molecule has 4 unspecified atom stereocenters. The predicted molar refractivity (Wildman–Crippen MR) is 138 cm³/mol. The number of likely N-dealkylation sites (N-methyl/N-ethyl adjacent to an activating group) is 1. The number of amides is 5. The third-order valence-electron chi connectivity index (χ3n) is 7.36. The smallest absolute Gasteiger partial charge is 0.319 e. The van der Waals surface area contributed by atoms with E-state index in [1.807, 2.05) is 0 Å². The molecule has 1 saturated carbocycles. The van der Waals surface area contributed by atoms with Gasteiger partial charge in [-0.05, 0) is 57.4 Å². The number of likely N-dealkylation sites (tertiary alicyclic amines) is 1. The summed E-state index contributed by atoms with van der Waals surface area (Å²) in [5.74, 6) is -1.46. The zero-order chi connectivity index (χ0) is 26.9. The van der Waals surface area contributed by atoms with Crippen LogP contribution in [0.2, 0.25) is 0 Å². The SMILES string of the molecule is CNC(C)C(=O)N1CCC(NC(=O)Nc2cccc(F)c2)CC1C(=O)NC(CC1CCCCC1)C(N)=O. The number of nitrogens with one attached hydrogen (secondary N) is 4. The lowest BCUT2D eigenvalue weighted by Gasteiger charge is -2.40. The summed E-state index contributed by atoms with van der Waals surface area (Å²) in [6.07, 6.45) is 6.45. The molecule has 204 valence electrons. The van der Waals surface area contributed by atoms with E-state index in [-0.39, 0.29) is 18.9 Å². The third-order valence-corrected chi connectivity index (χ3v) is 7.36. The maximum atomic E-state index is 13.4. The van der Waals surface area contributed by atoms with Gasteiger partial charge in [-0.15, -0.1) is 0 Å². The number of anilines is 1. The molecule has 4 atom stereocenters. The first-order valence-electron chi connectivity index (χ1n) is 13.1. The van der Waals surface area contributed by atoms with Crippen molar-refractivity contribution in [1.82, 2.24) is 20.9 Å². The molecule has 2 fully saturated rings. The molecule has 0 radical (unpaired) electrons. The van der Waals surface area contributed by atoms with Gasteiger partial charge in [-0.1, -0.05) is 38.2 Å². The first kappa shape index (κ1) is 28.4. The lowest BCUT2D eigenvalue weighted by Crippen LogP contribution is -2.61. The number of urea groups is 1. The van der Waals surface area contributed by atoms with Gasteiger partial charge in [0.15, 0.2) is 0 Å². The van der Waals surface area contributed by atoms with Crippen LogP contribution in [0.15, 0.2) is 24.3 Å². The van der Waals surface area contributed by atoms with E-state index in [1.165, 1.54) is 29.5 Å². The van der Waals surface area contributed by atoms with E-state index in [2.05, 4.69) is 21.3 Å². The summed E-state index contributed by atoms with van der Waals surface area (Å²) in [6, 6.07) is 2.37. The maximum absolute atomic E-state index is 13.4. The van der Waals surface area contributed by atoms with E-state index >= 15 is 0 Å². The molecule has 1 heterocycles. The molecule has 10 nitrogen and oxygen atoms in total. The summed E-state index contributed by atoms with van der Waals surface area (Å²) in [5.41, 5.74) is 5.94. The molecule has 0 spiro atoms. The van der Waals surface area contributed by atoms with Crippen LogP contribution in [-0.2, 0) is 14.4 Å². The summed E-state index contributed by atoms with van der Waals surface area (Å²) in [7, 11) is 1.66. The minimum Gasteiger partial charge on any atom is -0.368 e. The molecule has 0 aromatic heterocycles. The Kier molecular flexibility index (Phi) is 10.2. The topological polar surface area (TPSA) is 146 Å². The van der Waals surface area contributed by atoms with Crippen molar-refractivity contribution >= 4 is 29.4 Å². The number of hydrogen-bond acceptors (Lipinski definition) is 5. The van der Waals surface area contributed by atoms with Gasteiger partial charge < -0.3 is 31.9 Å². The Bertz CT molecular complexity index is 970. The van der Waals surface area contributed by atoms with Crippen LogP contribution < -0.4 is 27.0 Å². The Morgan fingerprint density at radius 2 is 1.86 bits per heavy atom. The van der Waals surface area contributed by atoms with Crippen molar-refractivity contribution in [2.24, 2.45) is 11.7 Å². The number of nitrogens with zero attached hydrogens (tertiary/aromatic N) is 1. The van der Waals surface area contributed by atoms with E-state index in [0.29, 0.717) is 24.4 Å².